The van der Waals surface area contributed by atoms with Gasteiger partial charge in [0, 0.05) is 21.9 Å². The summed E-state index contributed by atoms with van der Waals surface area (Å²) < 4.78 is 10.5. The molecule has 29 heavy (non-hydrogen) atoms. The molecule has 0 saturated heterocycles. The van der Waals surface area contributed by atoms with Crippen LogP contribution in [0.1, 0.15) is 10.4 Å². The van der Waals surface area contributed by atoms with Crippen molar-refractivity contribution in [3.05, 3.63) is 63.2 Å². The Hall–Kier alpha value is -3.08. The van der Waals surface area contributed by atoms with Crippen molar-refractivity contribution in [2.45, 2.75) is 6.42 Å². The fraction of sp³-hybridized carbons (Fsp3) is 0.182. The normalized spacial score (nSPS) is 11.0. The maximum absolute atomic E-state index is 12.4. The molecule has 7 heteroatoms. The van der Waals surface area contributed by atoms with Crippen molar-refractivity contribution < 1.29 is 14.3 Å². The van der Waals surface area contributed by atoms with Crippen LogP contribution < -0.4 is 14.8 Å². The molecular weight excluding hydrogens is 404 g/mol. The molecule has 3 rings (SSSR count). The number of hydrogen-bond donors (Lipinski definition) is 1. The Morgan fingerprint density at radius 3 is 2.69 bits per heavy atom. The van der Waals surface area contributed by atoms with Gasteiger partial charge in [-0.15, -0.1) is 22.7 Å². The number of carbonyl (C=O) groups is 1. The van der Waals surface area contributed by atoms with Crippen LogP contribution in [0.4, 0.5) is 0 Å². The lowest BCUT2D eigenvalue weighted by Crippen LogP contribution is -2.26. The van der Waals surface area contributed by atoms with Gasteiger partial charge >= 0.3 is 0 Å². The topological polar surface area (TPSA) is 71.3 Å². The summed E-state index contributed by atoms with van der Waals surface area (Å²) in [6.07, 6.45) is 2.25. The van der Waals surface area contributed by atoms with E-state index >= 15 is 0 Å². The average molecular weight is 425 g/mol. The molecule has 2 heterocycles. The third-order valence-corrected chi connectivity index (χ3v) is 6.02. The van der Waals surface area contributed by atoms with E-state index in [1.807, 2.05) is 53.2 Å². The van der Waals surface area contributed by atoms with Gasteiger partial charge in [-0.3, -0.25) is 4.79 Å². The van der Waals surface area contributed by atoms with Gasteiger partial charge in [-0.1, -0.05) is 12.1 Å². The second-order valence-electron chi connectivity index (χ2n) is 6.08. The van der Waals surface area contributed by atoms with Gasteiger partial charge in [0.25, 0.3) is 5.91 Å². The number of hydrogen-bond acceptors (Lipinski definition) is 6. The third kappa shape index (κ3) is 5.25. The Kier molecular flexibility index (Phi) is 7.06. The highest BCUT2D eigenvalue weighted by molar-refractivity contribution is 7.15. The molecule has 0 saturated carbocycles. The van der Waals surface area contributed by atoms with Crippen molar-refractivity contribution in [3.8, 4) is 28.0 Å². The van der Waals surface area contributed by atoms with Crippen LogP contribution in [-0.2, 0) is 11.2 Å². The standard InChI is InChI=1S/C22H20N2O3S2/c1-26-19-6-5-15(10-20(19)27-2)7-8-24-22(25)16(13-23)11-18-12-17(14-29-18)21-4-3-9-28-21/h3-6,9-12,14H,7-8H2,1-2H3,(H,24,25)/b16-11-. The number of methoxy groups -OCH3 is 2. The monoisotopic (exact) mass is 424 g/mol. The van der Waals surface area contributed by atoms with Gasteiger partial charge in [-0.05, 0) is 53.1 Å². The van der Waals surface area contributed by atoms with Crippen molar-refractivity contribution in [2.24, 2.45) is 0 Å². The number of amides is 1. The van der Waals surface area contributed by atoms with Crippen LogP contribution in [0, 0.1) is 11.3 Å². The molecule has 1 aromatic carbocycles. The molecule has 0 radical (unpaired) electrons. The first-order valence-electron chi connectivity index (χ1n) is 8.88. The molecule has 1 N–H and O–H groups in total. The summed E-state index contributed by atoms with van der Waals surface area (Å²) in [5.41, 5.74) is 2.20. The SMILES string of the molecule is COc1ccc(CCNC(=O)/C(C#N)=C\c2cc(-c3cccs3)cs2)cc1OC. The first kappa shape index (κ1) is 20.6. The van der Waals surface area contributed by atoms with E-state index in [1.54, 1.807) is 31.6 Å². The Bertz CT molecular complexity index is 1050. The van der Waals surface area contributed by atoms with Crippen molar-refractivity contribution in [3.63, 3.8) is 0 Å². The predicted octanol–water partition coefficient (Wildman–Crippen LogP) is 4.76. The molecule has 0 aliphatic carbocycles. The minimum Gasteiger partial charge on any atom is -0.493 e. The van der Waals surface area contributed by atoms with Crippen LogP contribution in [-0.4, -0.2) is 26.7 Å². The molecule has 0 fully saturated rings. The van der Waals surface area contributed by atoms with Crippen molar-refractivity contribution in [1.29, 1.82) is 5.26 Å². The van der Waals surface area contributed by atoms with Gasteiger partial charge in [0.15, 0.2) is 11.5 Å². The van der Waals surface area contributed by atoms with Crippen LogP contribution in [0.5, 0.6) is 11.5 Å². The lowest BCUT2D eigenvalue weighted by Gasteiger charge is -2.10. The smallest absolute Gasteiger partial charge is 0.261 e. The van der Waals surface area contributed by atoms with Gasteiger partial charge in [-0.25, -0.2) is 0 Å². The first-order chi connectivity index (χ1) is 14.1. The molecular formula is C22H20N2O3S2. The van der Waals surface area contributed by atoms with Crippen LogP contribution >= 0.6 is 22.7 Å². The van der Waals surface area contributed by atoms with E-state index in [-0.39, 0.29) is 11.5 Å². The average Bonchev–Trinajstić information content (AvgIpc) is 3.43. The summed E-state index contributed by atoms with van der Waals surface area (Å²) in [5, 5.41) is 16.2. The number of ether oxygens (including phenoxy) is 2. The Morgan fingerprint density at radius 2 is 2.00 bits per heavy atom. The second-order valence-corrected chi connectivity index (χ2v) is 7.97. The number of nitriles is 1. The number of carbonyl (C=O) groups excluding carboxylic acids is 1. The zero-order chi connectivity index (χ0) is 20.6. The Morgan fingerprint density at radius 1 is 1.17 bits per heavy atom. The van der Waals surface area contributed by atoms with E-state index in [0.29, 0.717) is 24.5 Å². The zero-order valence-electron chi connectivity index (χ0n) is 16.1. The largest absolute Gasteiger partial charge is 0.493 e. The van der Waals surface area contributed by atoms with Crippen LogP contribution in [0.2, 0.25) is 0 Å². The number of thiophene rings is 2. The lowest BCUT2D eigenvalue weighted by atomic mass is 10.1. The summed E-state index contributed by atoms with van der Waals surface area (Å²) >= 11 is 3.17. The summed E-state index contributed by atoms with van der Waals surface area (Å²) in [5.74, 6) is 0.931. The number of nitrogens with zero attached hydrogens (tertiary/aromatic N) is 1. The van der Waals surface area contributed by atoms with Gasteiger partial charge < -0.3 is 14.8 Å². The highest BCUT2D eigenvalue weighted by Gasteiger charge is 2.11. The number of nitrogens with one attached hydrogen (secondary N) is 1. The lowest BCUT2D eigenvalue weighted by molar-refractivity contribution is -0.117. The van der Waals surface area contributed by atoms with E-state index < -0.39 is 0 Å². The number of benzene rings is 1. The quantitative estimate of drug-likeness (QED) is 0.418. The maximum atomic E-state index is 12.4. The third-order valence-electron chi connectivity index (χ3n) is 4.22. The molecule has 0 unspecified atom stereocenters. The first-order valence-corrected chi connectivity index (χ1v) is 10.6. The summed E-state index contributed by atoms with van der Waals surface area (Å²) in [7, 11) is 3.17. The molecule has 148 valence electrons. The second kappa shape index (κ2) is 9.92. The fourth-order valence-corrected chi connectivity index (χ4v) is 4.37. The van der Waals surface area contributed by atoms with Gasteiger partial charge in [-0.2, -0.15) is 5.26 Å². The molecule has 0 aliphatic rings. The zero-order valence-corrected chi connectivity index (χ0v) is 17.7. The van der Waals surface area contributed by atoms with E-state index in [2.05, 4.69) is 5.32 Å². The molecule has 5 nitrogen and oxygen atoms in total. The molecule has 0 spiro atoms. The van der Waals surface area contributed by atoms with Crippen molar-refractivity contribution in [2.75, 3.05) is 20.8 Å². The highest BCUT2D eigenvalue weighted by atomic mass is 32.1. The molecule has 0 bridgehead atoms. The van der Waals surface area contributed by atoms with E-state index in [0.717, 1.165) is 16.0 Å². The molecule has 0 aliphatic heterocycles. The Balaban J connectivity index is 1.60. The van der Waals surface area contributed by atoms with Crippen molar-refractivity contribution in [1.82, 2.24) is 5.32 Å². The van der Waals surface area contributed by atoms with Gasteiger partial charge in [0.1, 0.15) is 11.6 Å². The van der Waals surface area contributed by atoms with Crippen molar-refractivity contribution >= 4 is 34.7 Å². The predicted molar refractivity (Wildman–Crippen MR) is 117 cm³/mol. The minimum atomic E-state index is -0.376. The van der Waals surface area contributed by atoms with Crippen LogP contribution in [0.25, 0.3) is 16.5 Å². The molecule has 3 aromatic rings. The van der Waals surface area contributed by atoms with Gasteiger partial charge in [0.2, 0.25) is 0 Å². The van der Waals surface area contributed by atoms with E-state index in [4.69, 9.17) is 9.47 Å². The minimum absolute atomic E-state index is 0.0943. The Labute approximate surface area is 177 Å². The highest BCUT2D eigenvalue weighted by Crippen LogP contribution is 2.30. The molecule has 2 aromatic heterocycles. The summed E-state index contributed by atoms with van der Waals surface area (Å²) in [6, 6.07) is 13.7. The number of rotatable bonds is 8. The molecule has 1 amide bonds. The van der Waals surface area contributed by atoms with Crippen LogP contribution in [0.3, 0.4) is 0 Å². The summed E-state index contributed by atoms with van der Waals surface area (Å²) in [4.78, 5) is 14.4. The maximum Gasteiger partial charge on any atom is 0.261 e. The van der Waals surface area contributed by atoms with E-state index in [1.165, 1.54) is 16.2 Å². The summed E-state index contributed by atoms with van der Waals surface area (Å²) in [6.45, 7) is 0.415. The van der Waals surface area contributed by atoms with Crippen LogP contribution in [0.15, 0.2) is 52.7 Å². The fourth-order valence-electron chi connectivity index (χ4n) is 2.74. The van der Waals surface area contributed by atoms with Gasteiger partial charge in [0.05, 0.1) is 14.2 Å². The van der Waals surface area contributed by atoms with E-state index in [9.17, 15) is 10.1 Å². The molecule has 0 atom stereocenters.